The van der Waals surface area contributed by atoms with Crippen LogP contribution < -0.4 is 29.1 Å². The van der Waals surface area contributed by atoms with Crippen LogP contribution in [0.5, 0.6) is 23.0 Å². The Kier molecular flexibility index (Phi) is 7.74. The first-order valence-electron chi connectivity index (χ1n) is 11.2. The van der Waals surface area contributed by atoms with Crippen LogP contribution in [0, 0.1) is 0 Å². The molecule has 2 heterocycles. The zero-order valence-corrected chi connectivity index (χ0v) is 23.2. The fraction of sp³-hybridized carbons (Fsp3) is 0.269. The highest BCUT2D eigenvalue weighted by atomic mass is 79.9. The number of phenolic OH excluding ortho intramolecular Hbond substituents is 1. The molecule has 0 unspecified atom stereocenters. The Hall–Kier alpha value is -3.57. The predicted molar refractivity (Wildman–Crippen MR) is 142 cm³/mol. The fourth-order valence-electron chi connectivity index (χ4n) is 4.11. The number of carbonyl (C=O) groups is 1. The van der Waals surface area contributed by atoms with Crippen molar-refractivity contribution in [2.75, 3.05) is 27.9 Å². The number of halogens is 1. The predicted octanol–water partition coefficient (Wildman–Crippen LogP) is 3.29. The molecule has 0 saturated carbocycles. The largest absolute Gasteiger partial charge is 0.503 e. The minimum atomic E-state index is -0.793. The van der Waals surface area contributed by atoms with Gasteiger partial charge in [0, 0.05) is 0 Å². The molecule has 2 aromatic carbocycles. The van der Waals surface area contributed by atoms with E-state index in [2.05, 4.69) is 20.9 Å². The highest BCUT2D eigenvalue weighted by molar-refractivity contribution is 9.10. The lowest BCUT2D eigenvalue weighted by Crippen LogP contribution is -2.40. The molecule has 9 nitrogen and oxygen atoms in total. The number of nitrogens with zero attached hydrogens (tertiary/aromatic N) is 2. The fourth-order valence-corrected chi connectivity index (χ4v) is 5.62. The number of rotatable bonds is 7. The van der Waals surface area contributed by atoms with E-state index >= 15 is 0 Å². The van der Waals surface area contributed by atoms with Gasteiger partial charge in [0.05, 0.1) is 54.3 Å². The van der Waals surface area contributed by atoms with Crippen LogP contribution in [0.1, 0.15) is 31.0 Å². The maximum atomic E-state index is 13.8. The number of esters is 1. The van der Waals surface area contributed by atoms with Crippen molar-refractivity contribution in [1.82, 2.24) is 4.57 Å². The van der Waals surface area contributed by atoms with Gasteiger partial charge in [0.1, 0.15) is 0 Å². The number of thiazole rings is 1. The number of carbonyl (C=O) groups excluding carboxylic acids is 1. The SMILES string of the molecule is CCOC(=O)C1=C(C)N=c2s/c(=C\c3cc(Br)c(O)c(OC)c3)c(=O)n2[C@H]1c1ccc(OC)c(OC)c1. The van der Waals surface area contributed by atoms with Crippen LogP contribution in [0.3, 0.4) is 0 Å². The second kappa shape index (κ2) is 10.8. The first-order valence-corrected chi connectivity index (χ1v) is 12.8. The molecule has 1 N–H and O–H groups in total. The van der Waals surface area contributed by atoms with E-state index in [0.29, 0.717) is 42.1 Å². The first kappa shape index (κ1) is 26.5. The molecule has 194 valence electrons. The Bertz CT molecular complexity index is 1590. The van der Waals surface area contributed by atoms with Crippen LogP contribution in [0.4, 0.5) is 0 Å². The summed E-state index contributed by atoms with van der Waals surface area (Å²) in [7, 11) is 4.50. The zero-order chi connectivity index (χ0) is 26.9. The van der Waals surface area contributed by atoms with Gasteiger partial charge < -0.3 is 24.1 Å². The van der Waals surface area contributed by atoms with Gasteiger partial charge in [-0.3, -0.25) is 9.36 Å². The highest BCUT2D eigenvalue weighted by Crippen LogP contribution is 2.37. The van der Waals surface area contributed by atoms with E-state index in [4.69, 9.17) is 18.9 Å². The van der Waals surface area contributed by atoms with E-state index in [1.54, 1.807) is 50.3 Å². The number of benzene rings is 2. The summed E-state index contributed by atoms with van der Waals surface area (Å²) in [5.74, 6) is 0.649. The summed E-state index contributed by atoms with van der Waals surface area (Å²) in [6.45, 7) is 3.62. The second-order valence-electron chi connectivity index (χ2n) is 7.97. The molecule has 37 heavy (non-hydrogen) atoms. The normalized spacial score (nSPS) is 15.2. The third kappa shape index (κ3) is 4.88. The average Bonchev–Trinajstić information content (AvgIpc) is 3.18. The van der Waals surface area contributed by atoms with E-state index in [1.807, 2.05) is 0 Å². The lowest BCUT2D eigenvalue weighted by Gasteiger charge is -2.25. The van der Waals surface area contributed by atoms with Gasteiger partial charge in [-0.15, -0.1) is 0 Å². The number of fused-ring (bicyclic) bond motifs is 1. The van der Waals surface area contributed by atoms with Crippen molar-refractivity contribution in [2.45, 2.75) is 19.9 Å². The van der Waals surface area contributed by atoms with Crippen LogP contribution in [-0.4, -0.2) is 43.6 Å². The molecule has 0 bridgehead atoms. The van der Waals surface area contributed by atoms with E-state index < -0.39 is 12.0 Å². The maximum Gasteiger partial charge on any atom is 0.338 e. The van der Waals surface area contributed by atoms with Gasteiger partial charge in [0.15, 0.2) is 27.8 Å². The molecule has 11 heteroatoms. The van der Waals surface area contributed by atoms with Crippen molar-refractivity contribution in [3.05, 3.63) is 76.9 Å². The van der Waals surface area contributed by atoms with Gasteiger partial charge in [-0.05, 0) is 71.2 Å². The molecule has 0 fully saturated rings. The molecule has 0 amide bonds. The van der Waals surface area contributed by atoms with Crippen molar-refractivity contribution in [2.24, 2.45) is 4.99 Å². The third-order valence-corrected chi connectivity index (χ3v) is 7.40. The Labute approximate surface area is 225 Å². The van der Waals surface area contributed by atoms with E-state index in [9.17, 15) is 14.7 Å². The lowest BCUT2D eigenvalue weighted by molar-refractivity contribution is -0.139. The molecular weight excluding hydrogens is 564 g/mol. The molecule has 0 radical (unpaired) electrons. The number of hydrogen-bond acceptors (Lipinski definition) is 9. The highest BCUT2D eigenvalue weighted by Gasteiger charge is 2.34. The quantitative estimate of drug-likeness (QED) is 0.422. The third-order valence-electron chi connectivity index (χ3n) is 5.81. The molecule has 1 aromatic heterocycles. The Morgan fingerprint density at radius 3 is 2.49 bits per heavy atom. The van der Waals surface area contributed by atoms with E-state index in [1.165, 1.54) is 37.2 Å². The van der Waals surface area contributed by atoms with E-state index in [0.717, 1.165) is 0 Å². The van der Waals surface area contributed by atoms with Gasteiger partial charge in [0.2, 0.25) is 0 Å². The van der Waals surface area contributed by atoms with Crippen LogP contribution in [0.25, 0.3) is 6.08 Å². The smallest absolute Gasteiger partial charge is 0.338 e. The summed E-state index contributed by atoms with van der Waals surface area (Å²) in [6, 6.07) is 7.75. The van der Waals surface area contributed by atoms with Crippen molar-refractivity contribution in [1.29, 1.82) is 0 Å². The van der Waals surface area contributed by atoms with Crippen LogP contribution >= 0.6 is 27.3 Å². The van der Waals surface area contributed by atoms with Crippen LogP contribution in [0.2, 0.25) is 0 Å². The number of ether oxygens (including phenoxy) is 4. The van der Waals surface area contributed by atoms with Gasteiger partial charge in [0.25, 0.3) is 5.56 Å². The van der Waals surface area contributed by atoms with Crippen molar-refractivity contribution >= 4 is 39.3 Å². The summed E-state index contributed by atoms with van der Waals surface area (Å²) in [6.07, 6.45) is 1.69. The van der Waals surface area contributed by atoms with Crippen LogP contribution in [-0.2, 0) is 9.53 Å². The molecular formula is C26H25BrN2O7S. The van der Waals surface area contributed by atoms with Gasteiger partial charge >= 0.3 is 5.97 Å². The molecule has 1 atom stereocenters. The monoisotopic (exact) mass is 588 g/mol. The summed E-state index contributed by atoms with van der Waals surface area (Å²) in [5.41, 5.74) is 1.66. The van der Waals surface area contributed by atoms with Gasteiger partial charge in [-0.1, -0.05) is 17.4 Å². The number of hydrogen-bond donors (Lipinski definition) is 1. The Morgan fingerprint density at radius 2 is 1.84 bits per heavy atom. The molecule has 1 aliphatic rings. The summed E-state index contributed by atoms with van der Waals surface area (Å²) in [4.78, 5) is 31.9. The number of methoxy groups -OCH3 is 3. The minimum Gasteiger partial charge on any atom is -0.503 e. The van der Waals surface area contributed by atoms with Gasteiger partial charge in [-0.2, -0.15) is 0 Å². The molecule has 3 aromatic rings. The molecule has 1 aliphatic heterocycles. The summed E-state index contributed by atoms with van der Waals surface area (Å²) >= 11 is 4.50. The molecule has 4 rings (SSSR count). The summed E-state index contributed by atoms with van der Waals surface area (Å²) < 4.78 is 23.7. The Balaban J connectivity index is 1.97. The number of aromatic nitrogens is 1. The zero-order valence-electron chi connectivity index (χ0n) is 20.8. The number of phenols is 1. The summed E-state index contributed by atoms with van der Waals surface area (Å²) in [5, 5.41) is 10.1. The number of aromatic hydroxyl groups is 1. The van der Waals surface area contributed by atoms with Gasteiger partial charge in [-0.25, -0.2) is 9.79 Å². The Morgan fingerprint density at radius 1 is 1.14 bits per heavy atom. The maximum absolute atomic E-state index is 13.8. The first-order chi connectivity index (χ1) is 17.7. The standard InChI is InChI=1S/C26H25BrN2O7S/c1-6-36-25(32)21-13(2)28-26-29(22(21)15-7-8-17(33-3)18(12-15)34-4)24(31)20(37-26)11-14-9-16(27)23(30)19(10-14)35-5/h7-12,22,30H,6H2,1-5H3/b20-11-/t22-/m0/s1. The molecule has 0 aliphatic carbocycles. The molecule has 0 spiro atoms. The van der Waals surface area contributed by atoms with Crippen molar-refractivity contribution < 1.29 is 28.8 Å². The van der Waals surface area contributed by atoms with Crippen molar-refractivity contribution in [3.63, 3.8) is 0 Å². The topological polar surface area (TPSA) is 109 Å². The lowest BCUT2D eigenvalue weighted by atomic mass is 9.95. The van der Waals surface area contributed by atoms with E-state index in [-0.39, 0.29) is 29.2 Å². The second-order valence-corrected chi connectivity index (χ2v) is 9.83. The van der Waals surface area contributed by atoms with Crippen LogP contribution in [0.15, 0.2) is 55.9 Å². The average molecular weight is 589 g/mol. The van der Waals surface area contributed by atoms with Crippen molar-refractivity contribution in [3.8, 4) is 23.0 Å². The molecule has 0 saturated heterocycles. The number of allylic oxidation sites excluding steroid dienone is 1. The minimum absolute atomic E-state index is 0.0377.